The zero-order valence-corrected chi connectivity index (χ0v) is 11.1. The van der Waals surface area contributed by atoms with Crippen molar-refractivity contribution < 1.29 is 48.3 Å². The van der Waals surface area contributed by atoms with Crippen molar-refractivity contribution >= 4 is 0 Å². The molecule has 0 unspecified atom stereocenters. The van der Waals surface area contributed by atoms with Crippen LogP contribution < -0.4 is 0 Å². The van der Waals surface area contributed by atoms with E-state index in [1.165, 1.54) is 6.92 Å². The Labute approximate surface area is 118 Å². The van der Waals surface area contributed by atoms with Gasteiger partial charge in [0.1, 0.15) is 0 Å². The van der Waals surface area contributed by atoms with E-state index in [0.717, 1.165) is 13.0 Å². The van der Waals surface area contributed by atoms with E-state index in [9.17, 15) is 48.3 Å². The van der Waals surface area contributed by atoms with Gasteiger partial charge in [0.25, 0.3) is 0 Å². The summed E-state index contributed by atoms with van der Waals surface area (Å²) in [5, 5.41) is 0. The largest absolute Gasteiger partial charge is 0.460 e. The molecule has 0 bridgehead atoms. The van der Waals surface area contributed by atoms with Gasteiger partial charge in [-0.25, -0.2) is 0 Å². The van der Waals surface area contributed by atoms with Gasteiger partial charge >= 0.3 is 29.9 Å². The number of halogens is 11. The maximum Gasteiger partial charge on any atom is 0.460 e. The van der Waals surface area contributed by atoms with Crippen molar-refractivity contribution in [1.29, 1.82) is 0 Å². The third-order valence-corrected chi connectivity index (χ3v) is 2.93. The van der Waals surface area contributed by atoms with Crippen LogP contribution in [0.1, 0.15) is 26.7 Å². The molecular weight excluding hydrogens is 341 g/mol. The minimum Gasteiger partial charge on any atom is -0.200 e. The van der Waals surface area contributed by atoms with Gasteiger partial charge in [-0.05, 0) is 20.3 Å². The summed E-state index contributed by atoms with van der Waals surface area (Å²) in [4.78, 5) is 0. The van der Waals surface area contributed by atoms with Gasteiger partial charge in [0.15, 0.2) is 0 Å². The molecule has 0 atom stereocenters. The van der Waals surface area contributed by atoms with Crippen molar-refractivity contribution in [2.24, 2.45) is 0 Å². The topological polar surface area (TPSA) is 0 Å². The van der Waals surface area contributed by atoms with E-state index in [0.29, 0.717) is 0 Å². The maximum absolute atomic E-state index is 13.2. The van der Waals surface area contributed by atoms with Gasteiger partial charge in [-0.3, -0.25) is 0 Å². The monoisotopic (exact) mass is 352 g/mol. The molecule has 0 aliphatic heterocycles. The second-order valence-electron chi connectivity index (χ2n) is 4.56. The van der Waals surface area contributed by atoms with Crippen LogP contribution in [0.4, 0.5) is 48.3 Å². The summed E-state index contributed by atoms with van der Waals surface area (Å²) in [6.45, 7) is 2.47. The highest BCUT2D eigenvalue weighted by atomic mass is 19.4. The first-order chi connectivity index (χ1) is 9.45. The van der Waals surface area contributed by atoms with Crippen LogP contribution in [-0.2, 0) is 0 Å². The highest BCUT2D eigenvalue weighted by Crippen LogP contribution is 2.58. The molecule has 0 fully saturated rings. The molecule has 0 aliphatic carbocycles. The fourth-order valence-electron chi connectivity index (χ4n) is 1.26. The Bertz CT molecular complexity index is 416. The van der Waals surface area contributed by atoms with Crippen LogP contribution in [0.5, 0.6) is 0 Å². The third-order valence-electron chi connectivity index (χ3n) is 2.93. The average Bonchev–Trinajstić information content (AvgIpc) is 2.33. The van der Waals surface area contributed by atoms with Crippen molar-refractivity contribution in [1.82, 2.24) is 0 Å². The minimum atomic E-state index is -7.32. The van der Waals surface area contributed by atoms with E-state index in [2.05, 4.69) is 0 Å². The number of allylic oxidation sites excluding steroid dienone is 2. The molecule has 0 aromatic rings. The molecular formula is C11H11F11. The van der Waals surface area contributed by atoms with Crippen molar-refractivity contribution in [3.8, 4) is 0 Å². The molecule has 11 heteroatoms. The highest BCUT2D eigenvalue weighted by molar-refractivity contribution is 5.07. The Kier molecular flexibility index (Phi) is 5.60. The first kappa shape index (κ1) is 21.0. The third kappa shape index (κ3) is 3.32. The van der Waals surface area contributed by atoms with Crippen LogP contribution in [0.2, 0.25) is 0 Å². The molecule has 0 heterocycles. The van der Waals surface area contributed by atoms with Gasteiger partial charge in [-0.1, -0.05) is 11.6 Å². The fourth-order valence-corrected chi connectivity index (χ4v) is 1.26. The van der Waals surface area contributed by atoms with E-state index in [4.69, 9.17) is 0 Å². The molecule has 0 nitrogen and oxygen atoms in total. The summed E-state index contributed by atoms with van der Waals surface area (Å²) >= 11 is 0. The van der Waals surface area contributed by atoms with Crippen molar-refractivity contribution in [2.75, 3.05) is 0 Å². The lowest BCUT2D eigenvalue weighted by atomic mass is 9.94. The van der Waals surface area contributed by atoms with E-state index in [-0.39, 0.29) is 5.57 Å². The van der Waals surface area contributed by atoms with Crippen LogP contribution in [-0.4, -0.2) is 29.9 Å². The normalized spacial score (nSPS) is 16.1. The summed E-state index contributed by atoms with van der Waals surface area (Å²) in [5.74, 6) is -27.3. The summed E-state index contributed by atoms with van der Waals surface area (Å²) in [6.07, 6.45) is -8.85. The van der Waals surface area contributed by atoms with Gasteiger partial charge in [-0.2, -0.15) is 48.3 Å². The second kappa shape index (κ2) is 5.88. The number of alkyl halides is 11. The van der Waals surface area contributed by atoms with E-state index < -0.39 is 42.7 Å². The van der Waals surface area contributed by atoms with Gasteiger partial charge < -0.3 is 0 Å². The first-order valence-electron chi connectivity index (χ1n) is 5.65. The smallest absolute Gasteiger partial charge is 0.200 e. The summed E-state index contributed by atoms with van der Waals surface area (Å²) in [6, 6.07) is 0. The Morgan fingerprint density at radius 3 is 1.45 bits per heavy atom. The van der Waals surface area contributed by atoms with Crippen LogP contribution in [0, 0.1) is 0 Å². The quantitative estimate of drug-likeness (QED) is 0.416. The predicted octanol–water partition coefficient (Wildman–Crippen LogP) is 5.84. The Morgan fingerprint density at radius 2 is 1.14 bits per heavy atom. The standard InChI is InChI=1S/C11H11F11/c1-3-6(2)4-5-7(12,13)8(14,15)9(16,17)10(18,19)11(20,21)22/h3H,4-5H2,1-2H3. The zero-order valence-electron chi connectivity index (χ0n) is 11.1. The van der Waals surface area contributed by atoms with Crippen LogP contribution in [0.25, 0.3) is 0 Å². The van der Waals surface area contributed by atoms with E-state index in [1.807, 2.05) is 0 Å². The molecule has 0 aromatic carbocycles. The predicted molar refractivity (Wildman–Crippen MR) is 54.5 cm³/mol. The molecule has 22 heavy (non-hydrogen) atoms. The molecule has 0 aromatic heterocycles. The van der Waals surface area contributed by atoms with Crippen LogP contribution >= 0.6 is 0 Å². The maximum atomic E-state index is 13.2. The SMILES string of the molecule is CC=C(C)CCC(F)(F)C(F)(F)C(F)(F)C(F)(F)C(F)(F)F. The minimum absolute atomic E-state index is 0.0429. The molecule has 0 spiro atoms. The zero-order chi connectivity index (χ0) is 18.2. The summed E-state index contributed by atoms with van der Waals surface area (Å²) in [7, 11) is 0. The van der Waals surface area contributed by atoms with E-state index >= 15 is 0 Å². The summed E-state index contributed by atoms with van der Waals surface area (Å²) in [5.41, 5.74) is 0.0429. The molecule has 0 radical (unpaired) electrons. The molecule has 132 valence electrons. The van der Waals surface area contributed by atoms with E-state index in [1.54, 1.807) is 0 Å². The number of rotatable bonds is 6. The number of hydrogen-bond acceptors (Lipinski definition) is 0. The molecule has 0 rings (SSSR count). The van der Waals surface area contributed by atoms with Crippen LogP contribution in [0.15, 0.2) is 11.6 Å². The first-order valence-corrected chi connectivity index (χ1v) is 5.65. The van der Waals surface area contributed by atoms with Crippen molar-refractivity contribution in [2.45, 2.75) is 56.6 Å². The lowest BCUT2D eigenvalue weighted by molar-refractivity contribution is -0.422. The summed E-state index contributed by atoms with van der Waals surface area (Å²) < 4.78 is 139. The average molecular weight is 352 g/mol. The Morgan fingerprint density at radius 1 is 0.727 bits per heavy atom. The Hall–Kier alpha value is -1.03. The molecule has 0 N–H and O–H groups in total. The van der Waals surface area contributed by atoms with Crippen molar-refractivity contribution in [3.63, 3.8) is 0 Å². The molecule has 0 amide bonds. The van der Waals surface area contributed by atoms with Crippen LogP contribution in [0.3, 0.4) is 0 Å². The molecule has 0 aliphatic rings. The molecule has 0 saturated heterocycles. The fraction of sp³-hybridized carbons (Fsp3) is 0.818. The second-order valence-corrected chi connectivity index (χ2v) is 4.56. The van der Waals surface area contributed by atoms with Crippen molar-refractivity contribution in [3.05, 3.63) is 11.6 Å². The van der Waals surface area contributed by atoms with Gasteiger partial charge in [-0.15, -0.1) is 0 Å². The molecule has 0 saturated carbocycles. The van der Waals surface area contributed by atoms with Gasteiger partial charge in [0, 0.05) is 6.42 Å². The van der Waals surface area contributed by atoms with Gasteiger partial charge in [0.2, 0.25) is 0 Å². The lowest BCUT2D eigenvalue weighted by Gasteiger charge is -2.37. The Balaban J connectivity index is 5.69. The number of hydrogen-bond donors (Lipinski definition) is 0. The lowest BCUT2D eigenvalue weighted by Crippen LogP contribution is -2.66. The van der Waals surface area contributed by atoms with Gasteiger partial charge in [0.05, 0.1) is 0 Å². The highest BCUT2D eigenvalue weighted by Gasteiger charge is 2.86.